The number of nitrogens with zero attached hydrogens (tertiary/aromatic N) is 1. The van der Waals surface area contributed by atoms with E-state index >= 15 is 0 Å². The average Bonchev–Trinajstić information content (AvgIpc) is 2.87. The van der Waals surface area contributed by atoms with E-state index < -0.39 is 0 Å². The van der Waals surface area contributed by atoms with Gasteiger partial charge in [-0.3, -0.25) is 4.79 Å². The zero-order valence-corrected chi connectivity index (χ0v) is 13.8. The molecule has 5 nitrogen and oxygen atoms in total. The summed E-state index contributed by atoms with van der Waals surface area (Å²) < 4.78 is 4.99. The first-order valence-electron chi connectivity index (χ1n) is 8.86. The van der Waals surface area contributed by atoms with Crippen LogP contribution in [0.25, 0.3) is 0 Å². The molecule has 3 atom stereocenters. The Balaban J connectivity index is 1.19. The monoisotopic (exact) mass is 326 g/mol. The second-order valence-electron chi connectivity index (χ2n) is 8.04. The van der Waals surface area contributed by atoms with Crippen molar-refractivity contribution in [3.63, 3.8) is 0 Å². The standard InChI is InChI=1S/C19H22N2O3/c1-11-4-2-3-5-13(11)16-14-8-21(9-15(14)16)17(22)12-6-19(7-12)10-24-18(23)20-19/h2-5,12,14-16H,6-10H2,1H3,(H,20,23)/t12?,14-,15+,16+,19?. The van der Waals surface area contributed by atoms with E-state index in [2.05, 4.69) is 41.4 Å². The molecule has 0 unspecified atom stereocenters. The number of benzene rings is 1. The van der Waals surface area contributed by atoms with Crippen LogP contribution in [0.4, 0.5) is 4.79 Å². The summed E-state index contributed by atoms with van der Waals surface area (Å²) in [6.07, 6.45) is 1.11. The number of fused-ring (bicyclic) bond motifs is 1. The van der Waals surface area contributed by atoms with Crippen LogP contribution in [0.2, 0.25) is 0 Å². The minimum atomic E-state index is -0.343. The maximum Gasteiger partial charge on any atom is 0.407 e. The summed E-state index contributed by atoms with van der Waals surface area (Å²) in [6.45, 7) is 4.39. The molecule has 5 heteroatoms. The molecule has 1 aromatic carbocycles. The molecule has 2 aliphatic heterocycles. The number of piperidine rings is 1. The molecule has 0 aromatic heterocycles. The van der Waals surface area contributed by atoms with Gasteiger partial charge in [0, 0.05) is 19.0 Å². The van der Waals surface area contributed by atoms with E-state index in [-0.39, 0.29) is 23.5 Å². The summed E-state index contributed by atoms with van der Waals surface area (Å²) in [4.78, 5) is 26.0. The normalized spacial score (nSPS) is 39.2. The van der Waals surface area contributed by atoms with Gasteiger partial charge in [0.25, 0.3) is 0 Å². The van der Waals surface area contributed by atoms with Crippen molar-refractivity contribution in [2.75, 3.05) is 19.7 Å². The first-order chi connectivity index (χ1) is 11.6. The van der Waals surface area contributed by atoms with Crippen LogP contribution in [0.15, 0.2) is 24.3 Å². The molecule has 1 N–H and O–H groups in total. The van der Waals surface area contributed by atoms with Crippen molar-refractivity contribution in [2.24, 2.45) is 17.8 Å². The molecule has 24 heavy (non-hydrogen) atoms. The molecule has 1 spiro atoms. The number of ether oxygens (including phenoxy) is 1. The van der Waals surface area contributed by atoms with Gasteiger partial charge in [0.2, 0.25) is 5.91 Å². The van der Waals surface area contributed by atoms with E-state index in [4.69, 9.17) is 4.74 Å². The molecule has 2 aliphatic carbocycles. The Labute approximate surface area is 141 Å². The fraction of sp³-hybridized carbons (Fsp3) is 0.579. The van der Waals surface area contributed by atoms with Crippen LogP contribution in [0.3, 0.4) is 0 Å². The van der Waals surface area contributed by atoms with Gasteiger partial charge >= 0.3 is 6.09 Å². The number of aryl methyl sites for hydroxylation is 1. The van der Waals surface area contributed by atoms with Crippen molar-refractivity contribution < 1.29 is 14.3 Å². The summed E-state index contributed by atoms with van der Waals surface area (Å²) in [5, 5.41) is 2.86. The minimum Gasteiger partial charge on any atom is -0.447 e. The van der Waals surface area contributed by atoms with Gasteiger partial charge < -0.3 is 15.0 Å². The highest BCUT2D eigenvalue weighted by molar-refractivity contribution is 5.82. The smallest absolute Gasteiger partial charge is 0.407 e. The van der Waals surface area contributed by atoms with Gasteiger partial charge in [-0.2, -0.15) is 0 Å². The Hall–Kier alpha value is -2.04. The number of amides is 2. The molecule has 1 aromatic rings. The maximum absolute atomic E-state index is 12.7. The van der Waals surface area contributed by atoms with Crippen molar-refractivity contribution in [2.45, 2.75) is 31.2 Å². The van der Waals surface area contributed by atoms with Crippen LogP contribution in [0, 0.1) is 24.7 Å². The zero-order valence-electron chi connectivity index (χ0n) is 13.8. The van der Waals surface area contributed by atoms with Gasteiger partial charge in [0.1, 0.15) is 6.61 Å². The lowest BCUT2D eigenvalue weighted by molar-refractivity contribution is -0.140. The van der Waals surface area contributed by atoms with Crippen molar-refractivity contribution in [1.29, 1.82) is 0 Å². The second kappa shape index (κ2) is 4.74. The van der Waals surface area contributed by atoms with E-state index in [0.29, 0.717) is 24.4 Å². The fourth-order valence-electron chi connectivity index (χ4n) is 5.16. The van der Waals surface area contributed by atoms with Crippen molar-refractivity contribution in [1.82, 2.24) is 10.2 Å². The van der Waals surface area contributed by atoms with Crippen LogP contribution in [-0.4, -0.2) is 42.1 Å². The molecular formula is C19H22N2O3. The molecule has 4 aliphatic rings. The molecule has 126 valence electrons. The quantitative estimate of drug-likeness (QED) is 0.905. The van der Waals surface area contributed by atoms with E-state index in [9.17, 15) is 9.59 Å². The van der Waals surface area contributed by atoms with Gasteiger partial charge in [-0.05, 0) is 48.6 Å². The van der Waals surface area contributed by atoms with Crippen LogP contribution < -0.4 is 5.32 Å². The van der Waals surface area contributed by atoms with E-state index in [1.165, 1.54) is 11.1 Å². The minimum absolute atomic E-state index is 0.0569. The number of likely N-dealkylation sites (tertiary alicyclic amines) is 1. The third-order valence-corrected chi connectivity index (χ3v) is 6.52. The van der Waals surface area contributed by atoms with Gasteiger partial charge in [-0.25, -0.2) is 4.79 Å². The third kappa shape index (κ3) is 2.00. The number of nitrogens with one attached hydrogen (secondary N) is 1. The predicted octanol–water partition coefficient (Wildman–Crippen LogP) is 2.06. The highest BCUT2D eigenvalue weighted by Gasteiger charge is 2.59. The average molecular weight is 326 g/mol. The van der Waals surface area contributed by atoms with Crippen LogP contribution in [0.5, 0.6) is 0 Å². The van der Waals surface area contributed by atoms with E-state index in [1.54, 1.807) is 0 Å². The van der Waals surface area contributed by atoms with Crippen molar-refractivity contribution in [3.8, 4) is 0 Å². The van der Waals surface area contributed by atoms with Crippen LogP contribution in [-0.2, 0) is 9.53 Å². The maximum atomic E-state index is 12.7. The Bertz CT molecular complexity index is 713. The largest absolute Gasteiger partial charge is 0.447 e. The summed E-state index contributed by atoms with van der Waals surface area (Å²) in [6, 6.07) is 8.62. The Morgan fingerprint density at radius 1 is 1.25 bits per heavy atom. The first kappa shape index (κ1) is 14.3. The van der Waals surface area contributed by atoms with Gasteiger partial charge in [-0.15, -0.1) is 0 Å². The fourth-order valence-corrected chi connectivity index (χ4v) is 5.16. The summed E-state index contributed by atoms with van der Waals surface area (Å²) in [5.74, 6) is 2.25. The number of carbonyl (C=O) groups is 2. The second-order valence-corrected chi connectivity index (χ2v) is 8.04. The number of carbonyl (C=O) groups excluding carboxylic acids is 2. The summed E-state index contributed by atoms with van der Waals surface area (Å²) in [7, 11) is 0. The van der Waals surface area contributed by atoms with Gasteiger partial charge in [0.05, 0.1) is 5.54 Å². The zero-order chi connectivity index (χ0) is 16.5. The SMILES string of the molecule is Cc1ccccc1[C@H]1[C@@H]2CN(C(=O)C3CC4(COC(=O)N4)C3)C[C@@H]21. The van der Waals surface area contributed by atoms with Gasteiger partial charge in [-0.1, -0.05) is 24.3 Å². The topological polar surface area (TPSA) is 58.6 Å². The highest BCUT2D eigenvalue weighted by atomic mass is 16.6. The summed E-state index contributed by atoms with van der Waals surface area (Å²) in [5.41, 5.74) is 2.57. The first-order valence-corrected chi connectivity index (χ1v) is 8.86. The Morgan fingerprint density at radius 3 is 2.58 bits per heavy atom. The Morgan fingerprint density at radius 2 is 1.96 bits per heavy atom. The van der Waals surface area contributed by atoms with Crippen LogP contribution in [0.1, 0.15) is 29.9 Å². The molecule has 2 saturated carbocycles. The highest BCUT2D eigenvalue weighted by Crippen LogP contribution is 2.59. The molecule has 5 rings (SSSR count). The molecule has 0 bridgehead atoms. The lowest BCUT2D eigenvalue weighted by Crippen LogP contribution is -2.58. The van der Waals surface area contributed by atoms with Crippen molar-refractivity contribution in [3.05, 3.63) is 35.4 Å². The lowest BCUT2D eigenvalue weighted by Gasteiger charge is -2.43. The van der Waals surface area contributed by atoms with Crippen LogP contribution >= 0.6 is 0 Å². The molecule has 0 radical (unpaired) electrons. The molecular weight excluding hydrogens is 304 g/mol. The number of rotatable bonds is 2. The third-order valence-electron chi connectivity index (χ3n) is 6.52. The van der Waals surface area contributed by atoms with E-state index in [1.807, 2.05) is 0 Å². The number of hydrogen-bond acceptors (Lipinski definition) is 3. The molecule has 2 saturated heterocycles. The number of cyclic esters (lactones) is 1. The molecule has 2 amide bonds. The van der Waals surface area contributed by atoms with Crippen molar-refractivity contribution >= 4 is 12.0 Å². The summed E-state index contributed by atoms with van der Waals surface area (Å²) >= 11 is 0. The van der Waals surface area contributed by atoms with Gasteiger partial charge in [0.15, 0.2) is 0 Å². The number of alkyl carbamates (subject to hydrolysis) is 1. The lowest BCUT2D eigenvalue weighted by atomic mass is 9.68. The predicted molar refractivity (Wildman–Crippen MR) is 87.4 cm³/mol. The molecule has 4 fully saturated rings. The molecule has 2 heterocycles. The number of hydrogen-bond donors (Lipinski definition) is 1. The van der Waals surface area contributed by atoms with E-state index in [0.717, 1.165) is 25.9 Å². The Kier molecular flexibility index (Phi) is 2.83.